The number of nitrogens with one attached hydrogen (secondary N) is 6. The number of benzene rings is 4. The van der Waals surface area contributed by atoms with Crippen molar-refractivity contribution in [1.82, 2.24) is 26.2 Å². The molecule has 4 aliphatic rings. The number of halogens is 3. The average molecular weight is 971 g/mol. The number of amides is 8. The van der Waals surface area contributed by atoms with Gasteiger partial charge in [0.1, 0.15) is 17.6 Å². The molecule has 2 saturated heterocycles. The maximum atomic E-state index is 14.8. The maximum Gasteiger partial charge on any atom is 0.266 e. The SMILES string of the molecule is O=C(Nc1cccc(Cl)c1)C1C(c2cccc(Cl)c2F)CNC12CCCCC2.O=CNc1ccc(C(=O)NCCCCNC(=O)COc2cccc3c2C(=O)N(C2CCC(=O)NC2=O)C3=O)cc1. The van der Waals surface area contributed by atoms with E-state index in [0.717, 1.165) is 30.6 Å². The van der Waals surface area contributed by atoms with Gasteiger partial charge in [0.25, 0.3) is 23.6 Å². The van der Waals surface area contributed by atoms with Gasteiger partial charge in [-0.2, -0.15) is 0 Å². The van der Waals surface area contributed by atoms with E-state index in [1.807, 2.05) is 6.07 Å². The number of carbonyl (C=O) groups excluding carboxylic acids is 8. The Balaban J connectivity index is 0.000000214. The molecule has 19 heteroatoms. The van der Waals surface area contributed by atoms with E-state index >= 15 is 0 Å². The van der Waals surface area contributed by atoms with Crippen LogP contribution in [0.3, 0.4) is 0 Å². The lowest BCUT2D eigenvalue weighted by molar-refractivity contribution is -0.136. The van der Waals surface area contributed by atoms with E-state index in [9.17, 15) is 42.7 Å². The molecule has 68 heavy (non-hydrogen) atoms. The highest BCUT2D eigenvalue weighted by atomic mass is 35.5. The number of rotatable bonds is 15. The van der Waals surface area contributed by atoms with E-state index in [1.54, 1.807) is 60.7 Å². The van der Waals surface area contributed by atoms with Crippen LogP contribution >= 0.6 is 23.2 Å². The Labute approximate surface area is 401 Å². The normalized spacial score (nSPS) is 19.3. The Kier molecular flexibility index (Phi) is 16.2. The third-order valence-corrected chi connectivity index (χ3v) is 13.1. The zero-order valence-electron chi connectivity index (χ0n) is 36.8. The fraction of sp³-hybridized carbons (Fsp3) is 0.347. The first-order chi connectivity index (χ1) is 32.8. The Hall–Kier alpha value is -6.69. The molecular formula is C49H50Cl2FN7O9. The van der Waals surface area contributed by atoms with Crippen molar-refractivity contribution >= 4 is 82.3 Å². The first-order valence-electron chi connectivity index (χ1n) is 22.4. The molecular weight excluding hydrogens is 920 g/mol. The summed E-state index contributed by atoms with van der Waals surface area (Å²) in [7, 11) is 0. The van der Waals surface area contributed by atoms with E-state index in [-0.39, 0.29) is 63.9 Å². The van der Waals surface area contributed by atoms with E-state index in [1.165, 1.54) is 24.6 Å². The molecule has 1 saturated carbocycles. The number of piperidine rings is 1. The van der Waals surface area contributed by atoms with Crippen molar-refractivity contribution < 1.29 is 47.5 Å². The molecule has 0 aromatic heterocycles. The summed E-state index contributed by atoms with van der Waals surface area (Å²) < 4.78 is 20.4. The van der Waals surface area contributed by atoms with E-state index < -0.39 is 48.0 Å². The molecule has 8 amide bonds. The minimum absolute atomic E-state index is 0.00877. The van der Waals surface area contributed by atoms with Crippen LogP contribution < -0.4 is 36.6 Å². The molecule has 4 aromatic rings. The average Bonchev–Trinajstić information content (AvgIpc) is 3.81. The van der Waals surface area contributed by atoms with Gasteiger partial charge in [-0.3, -0.25) is 48.6 Å². The van der Waals surface area contributed by atoms with Crippen LogP contribution in [0.1, 0.15) is 100 Å². The predicted octanol–water partition coefficient (Wildman–Crippen LogP) is 6.14. The van der Waals surface area contributed by atoms with Gasteiger partial charge in [-0.25, -0.2) is 4.39 Å². The summed E-state index contributed by atoms with van der Waals surface area (Å²) in [4.78, 5) is 98.8. The van der Waals surface area contributed by atoms with Crippen molar-refractivity contribution in [2.24, 2.45) is 5.92 Å². The first-order valence-corrected chi connectivity index (χ1v) is 23.1. The molecule has 1 aliphatic carbocycles. The maximum absolute atomic E-state index is 14.8. The number of carbonyl (C=O) groups is 8. The smallest absolute Gasteiger partial charge is 0.266 e. The van der Waals surface area contributed by atoms with Gasteiger partial charge in [-0.05, 0) is 98.3 Å². The van der Waals surface area contributed by atoms with Gasteiger partial charge in [0.2, 0.25) is 24.1 Å². The highest BCUT2D eigenvalue weighted by Crippen LogP contribution is 2.47. The largest absolute Gasteiger partial charge is 0.483 e. The molecule has 6 N–H and O–H groups in total. The predicted molar refractivity (Wildman–Crippen MR) is 251 cm³/mol. The van der Waals surface area contributed by atoms with Crippen molar-refractivity contribution in [1.29, 1.82) is 0 Å². The summed E-state index contributed by atoms with van der Waals surface area (Å²) >= 11 is 12.1. The quantitative estimate of drug-likeness (QED) is 0.0454. The third kappa shape index (κ3) is 11.3. The van der Waals surface area contributed by atoms with E-state index in [4.69, 9.17) is 27.9 Å². The van der Waals surface area contributed by atoms with Gasteiger partial charge in [0.15, 0.2) is 6.61 Å². The van der Waals surface area contributed by atoms with Gasteiger partial charge >= 0.3 is 0 Å². The summed E-state index contributed by atoms with van der Waals surface area (Å²) in [5, 5.41) is 17.4. The van der Waals surface area contributed by atoms with E-state index in [0.29, 0.717) is 66.4 Å². The van der Waals surface area contributed by atoms with Crippen molar-refractivity contribution in [3.8, 4) is 5.75 Å². The van der Waals surface area contributed by atoms with Gasteiger partial charge in [0.05, 0.1) is 22.1 Å². The van der Waals surface area contributed by atoms with Gasteiger partial charge in [0, 0.05) is 59.5 Å². The number of imide groups is 2. The van der Waals surface area contributed by atoms with Crippen molar-refractivity contribution in [2.75, 3.05) is 36.9 Å². The molecule has 4 aromatic carbocycles. The lowest BCUT2D eigenvalue weighted by atomic mass is 9.69. The Morgan fingerprint density at radius 1 is 0.853 bits per heavy atom. The number of fused-ring (bicyclic) bond motifs is 1. The van der Waals surface area contributed by atoms with Crippen LogP contribution in [0.5, 0.6) is 5.75 Å². The summed E-state index contributed by atoms with van der Waals surface area (Å²) in [6.07, 6.45) is 6.92. The molecule has 0 radical (unpaired) electrons. The third-order valence-electron chi connectivity index (χ3n) is 12.5. The van der Waals surface area contributed by atoms with Gasteiger partial charge in [-0.1, -0.05) is 66.7 Å². The topological polar surface area (TPSA) is 221 Å². The van der Waals surface area contributed by atoms with Crippen LogP contribution in [0.4, 0.5) is 15.8 Å². The number of nitrogens with zero attached hydrogens (tertiary/aromatic N) is 1. The van der Waals surface area contributed by atoms with Crippen LogP contribution in [-0.2, 0) is 24.0 Å². The van der Waals surface area contributed by atoms with Crippen LogP contribution in [-0.4, -0.2) is 90.5 Å². The standard InChI is InChI=1S/C27H27N5O8.C22H23Cl2FN2O/c33-15-30-17-8-6-16(7-9-17)24(36)29-13-2-1-12-28-22(35)14-40-20-5-3-4-18-23(20)27(39)32(26(18)38)19-10-11-21(34)31-25(19)37;23-14-6-4-7-15(12-14)27-21(28)19-17(16-8-5-9-18(24)20(16)25)13-26-22(19)10-2-1-3-11-22/h3-9,15,19H,1-2,10-14H2,(H,28,35)(H,29,36)(H,30,33)(H,31,34,37);4-9,12,17,19,26H,1-3,10-11,13H2,(H,27,28). The van der Waals surface area contributed by atoms with Gasteiger partial charge < -0.3 is 31.3 Å². The zero-order valence-corrected chi connectivity index (χ0v) is 38.4. The van der Waals surface area contributed by atoms with Gasteiger partial charge in [-0.15, -0.1) is 0 Å². The Bertz CT molecular complexity index is 2590. The number of ether oxygens (including phenoxy) is 1. The lowest BCUT2D eigenvalue weighted by Crippen LogP contribution is -2.54. The molecule has 0 bridgehead atoms. The summed E-state index contributed by atoms with van der Waals surface area (Å²) in [5.74, 6) is -4.38. The number of anilines is 2. The lowest BCUT2D eigenvalue weighted by Gasteiger charge is -2.39. The van der Waals surface area contributed by atoms with Crippen LogP contribution in [0.25, 0.3) is 0 Å². The minimum atomic E-state index is -1.10. The molecule has 3 atom stereocenters. The molecule has 1 spiro atoms. The highest BCUT2D eigenvalue weighted by Gasteiger charge is 2.53. The molecule has 8 rings (SSSR count). The van der Waals surface area contributed by atoms with Crippen molar-refractivity contribution in [2.45, 2.75) is 75.3 Å². The number of hydrogen-bond acceptors (Lipinski definition) is 10. The van der Waals surface area contributed by atoms with Crippen LogP contribution in [0, 0.1) is 11.7 Å². The Morgan fingerprint density at radius 3 is 2.29 bits per heavy atom. The van der Waals surface area contributed by atoms with Crippen LogP contribution in [0.15, 0.2) is 84.9 Å². The summed E-state index contributed by atoms with van der Waals surface area (Å²) in [5.41, 5.74) is 1.92. The second-order valence-electron chi connectivity index (χ2n) is 16.9. The molecule has 3 aliphatic heterocycles. The molecule has 3 fully saturated rings. The number of unbranched alkanes of at least 4 members (excludes halogenated alkanes) is 1. The minimum Gasteiger partial charge on any atom is -0.483 e. The molecule has 3 unspecified atom stereocenters. The second kappa shape index (κ2) is 22.4. The zero-order chi connectivity index (χ0) is 48.4. The summed E-state index contributed by atoms with van der Waals surface area (Å²) in [6, 6.07) is 21.9. The fourth-order valence-corrected chi connectivity index (χ4v) is 9.65. The monoisotopic (exact) mass is 969 g/mol. The fourth-order valence-electron chi connectivity index (χ4n) is 9.28. The van der Waals surface area contributed by atoms with Crippen LogP contribution in [0.2, 0.25) is 10.0 Å². The first kappa shape index (κ1) is 49.2. The highest BCUT2D eigenvalue weighted by molar-refractivity contribution is 6.31. The Morgan fingerprint density at radius 2 is 1.57 bits per heavy atom. The molecule has 16 nitrogen and oxygen atoms in total. The van der Waals surface area contributed by atoms with Crippen molar-refractivity contribution in [3.05, 3.63) is 123 Å². The van der Waals surface area contributed by atoms with E-state index in [2.05, 4.69) is 31.9 Å². The summed E-state index contributed by atoms with van der Waals surface area (Å²) in [6.45, 7) is 0.889. The molecule has 3 heterocycles. The number of hydrogen-bond donors (Lipinski definition) is 6. The molecule has 356 valence electrons. The van der Waals surface area contributed by atoms with Crippen molar-refractivity contribution in [3.63, 3.8) is 0 Å². The second-order valence-corrected chi connectivity index (χ2v) is 17.7.